The van der Waals surface area contributed by atoms with Crippen molar-refractivity contribution in [1.29, 1.82) is 0 Å². The summed E-state index contributed by atoms with van der Waals surface area (Å²) in [6.07, 6.45) is 3.79. The second kappa shape index (κ2) is 8.73. The number of benzene rings is 2. The molecule has 3 aromatic rings. The molecule has 2 amide bonds. The van der Waals surface area contributed by atoms with E-state index in [1.165, 1.54) is 0 Å². The van der Waals surface area contributed by atoms with Crippen LogP contribution in [0.4, 0.5) is 0 Å². The predicted molar refractivity (Wildman–Crippen MR) is 125 cm³/mol. The molecule has 0 spiro atoms. The van der Waals surface area contributed by atoms with Gasteiger partial charge in [0.1, 0.15) is 11.5 Å². The number of carbonyl (C=O) groups excluding carboxylic acids is 2. The summed E-state index contributed by atoms with van der Waals surface area (Å²) in [6, 6.07) is 15.9. The number of nitrogens with one attached hydrogen (secondary N) is 1. The first-order valence-corrected chi connectivity index (χ1v) is 11.4. The second-order valence-electron chi connectivity index (χ2n) is 9.01. The monoisotopic (exact) mass is 444 g/mol. The average Bonchev–Trinajstić information content (AvgIpc) is 3.33. The van der Waals surface area contributed by atoms with Gasteiger partial charge >= 0.3 is 0 Å². The van der Waals surface area contributed by atoms with E-state index >= 15 is 0 Å². The molecule has 2 aliphatic heterocycles. The quantitative estimate of drug-likeness (QED) is 0.656. The van der Waals surface area contributed by atoms with Crippen LogP contribution in [0.1, 0.15) is 58.3 Å². The van der Waals surface area contributed by atoms with E-state index in [1.807, 2.05) is 53.4 Å². The third-order valence-electron chi connectivity index (χ3n) is 6.68. The number of carbonyl (C=O) groups is 2. The van der Waals surface area contributed by atoms with Crippen molar-refractivity contribution in [1.82, 2.24) is 20.0 Å². The maximum atomic E-state index is 13.5. The number of likely N-dealkylation sites (tertiary alicyclic amines) is 1. The highest BCUT2D eigenvalue weighted by Crippen LogP contribution is 2.45. The summed E-state index contributed by atoms with van der Waals surface area (Å²) in [6.45, 7) is 1.31. The molecule has 33 heavy (non-hydrogen) atoms. The molecule has 0 aliphatic carbocycles. The first kappa shape index (κ1) is 21.2. The summed E-state index contributed by atoms with van der Waals surface area (Å²) in [5.41, 5.74) is 3.51. The molecule has 2 aliphatic rings. The van der Waals surface area contributed by atoms with E-state index < -0.39 is 0 Å². The van der Waals surface area contributed by atoms with E-state index in [4.69, 9.17) is 4.74 Å². The average molecular weight is 445 g/mol. The van der Waals surface area contributed by atoms with Gasteiger partial charge in [-0.2, -0.15) is 5.10 Å². The molecule has 0 bridgehead atoms. The highest BCUT2D eigenvalue weighted by molar-refractivity contribution is 5.95. The number of para-hydroxylation sites is 2. The van der Waals surface area contributed by atoms with E-state index in [0.717, 1.165) is 47.7 Å². The van der Waals surface area contributed by atoms with Crippen LogP contribution < -0.4 is 4.74 Å². The Bertz CT molecular complexity index is 1140. The van der Waals surface area contributed by atoms with Crippen molar-refractivity contribution >= 4 is 11.8 Å². The summed E-state index contributed by atoms with van der Waals surface area (Å²) >= 11 is 0. The minimum Gasteiger partial charge on any atom is -0.457 e. The summed E-state index contributed by atoms with van der Waals surface area (Å²) in [5, 5.41) is 7.15. The van der Waals surface area contributed by atoms with Gasteiger partial charge in [0, 0.05) is 56.6 Å². The van der Waals surface area contributed by atoms with Crippen molar-refractivity contribution in [3.63, 3.8) is 0 Å². The normalized spacial score (nSPS) is 17.6. The zero-order valence-electron chi connectivity index (χ0n) is 19.0. The van der Waals surface area contributed by atoms with Crippen LogP contribution in [0.2, 0.25) is 0 Å². The highest BCUT2D eigenvalue weighted by atomic mass is 16.5. The van der Waals surface area contributed by atoms with Crippen LogP contribution in [0.5, 0.6) is 11.5 Å². The fourth-order valence-corrected chi connectivity index (χ4v) is 4.99. The molecule has 2 aromatic carbocycles. The van der Waals surface area contributed by atoms with Crippen LogP contribution in [-0.4, -0.2) is 59.0 Å². The Morgan fingerprint density at radius 3 is 2.42 bits per heavy atom. The lowest BCUT2D eigenvalue weighted by Crippen LogP contribution is -2.40. The Kier molecular flexibility index (Phi) is 5.62. The second-order valence-corrected chi connectivity index (χ2v) is 9.01. The molecule has 1 aromatic heterocycles. The molecule has 1 fully saturated rings. The van der Waals surface area contributed by atoms with Crippen LogP contribution in [0.15, 0.2) is 54.7 Å². The first-order chi connectivity index (χ1) is 16.0. The molecule has 1 atom stereocenters. The Morgan fingerprint density at radius 1 is 1.09 bits per heavy atom. The van der Waals surface area contributed by atoms with E-state index in [9.17, 15) is 9.59 Å². The molecule has 7 nitrogen and oxygen atoms in total. The Balaban J connectivity index is 1.37. The summed E-state index contributed by atoms with van der Waals surface area (Å²) < 4.78 is 6.08. The molecule has 5 rings (SSSR count). The zero-order chi connectivity index (χ0) is 22.9. The molecule has 0 unspecified atom stereocenters. The molecule has 0 radical (unpaired) electrons. The fourth-order valence-electron chi connectivity index (χ4n) is 4.99. The number of ether oxygens (including phenoxy) is 1. The van der Waals surface area contributed by atoms with E-state index in [0.29, 0.717) is 18.5 Å². The number of hydrogen-bond acceptors (Lipinski definition) is 4. The summed E-state index contributed by atoms with van der Waals surface area (Å²) in [4.78, 5) is 29.6. The molecule has 1 saturated heterocycles. The van der Waals surface area contributed by atoms with Crippen LogP contribution >= 0.6 is 0 Å². The number of nitrogens with zero attached hydrogens (tertiary/aromatic N) is 3. The van der Waals surface area contributed by atoms with Gasteiger partial charge in [0.05, 0.1) is 17.5 Å². The number of H-pyrrole nitrogens is 1. The Morgan fingerprint density at radius 2 is 1.76 bits per heavy atom. The standard InChI is InChI=1S/C26H28N4O3/c1-29(2)26(32)21-15-27-28-25(21)17-8-7-13-30(16-17)24(31)14-20-18-9-3-5-11-22(18)33-23-12-6-4-10-19(20)23/h3-6,9-12,15,17,20H,7-8,13-14,16H2,1-2H3,(H,27,28)/t17-/m1/s1. The third kappa shape index (κ3) is 3.99. The van der Waals surface area contributed by atoms with Gasteiger partial charge in [-0.15, -0.1) is 0 Å². The smallest absolute Gasteiger partial charge is 0.256 e. The van der Waals surface area contributed by atoms with Gasteiger partial charge < -0.3 is 14.5 Å². The minimum atomic E-state index is -0.0716. The predicted octanol–water partition coefficient (Wildman–Crippen LogP) is 4.15. The molecule has 170 valence electrons. The number of piperidine rings is 1. The summed E-state index contributed by atoms with van der Waals surface area (Å²) in [7, 11) is 3.47. The van der Waals surface area contributed by atoms with Crippen molar-refractivity contribution < 1.29 is 14.3 Å². The van der Waals surface area contributed by atoms with Gasteiger partial charge in [-0.05, 0) is 25.0 Å². The number of fused-ring (bicyclic) bond motifs is 2. The van der Waals surface area contributed by atoms with Gasteiger partial charge in [0.25, 0.3) is 5.91 Å². The van der Waals surface area contributed by atoms with Gasteiger partial charge in [-0.1, -0.05) is 36.4 Å². The number of aromatic nitrogens is 2. The fraction of sp³-hybridized carbons (Fsp3) is 0.346. The van der Waals surface area contributed by atoms with Gasteiger partial charge in [0.2, 0.25) is 5.91 Å². The molecular formula is C26H28N4O3. The number of rotatable bonds is 4. The number of aromatic amines is 1. The maximum Gasteiger partial charge on any atom is 0.256 e. The topological polar surface area (TPSA) is 78.5 Å². The third-order valence-corrected chi connectivity index (χ3v) is 6.68. The van der Waals surface area contributed by atoms with Crippen LogP contribution in [0.3, 0.4) is 0 Å². The molecule has 0 saturated carbocycles. The van der Waals surface area contributed by atoms with Crippen LogP contribution in [0.25, 0.3) is 0 Å². The molecular weight excluding hydrogens is 416 g/mol. The summed E-state index contributed by atoms with van der Waals surface area (Å²) in [5.74, 6) is 1.70. The SMILES string of the molecule is CN(C)C(=O)c1cn[nH]c1[C@@H]1CCCN(C(=O)CC2c3ccccc3Oc3ccccc32)C1. The minimum absolute atomic E-state index is 0.0444. The molecule has 7 heteroatoms. The number of hydrogen-bond donors (Lipinski definition) is 1. The van der Waals surface area contributed by atoms with Gasteiger partial charge in [-0.25, -0.2) is 0 Å². The lowest BCUT2D eigenvalue weighted by molar-refractivity contribution is -0.132. The van der Waals surface area contributed by atoms with Crippen LogP contribution in [0, 0.1) is 0 Å². The van der Waals surface area contributed by atoms with Crippen molar-refractivity contribution in [2.75, 3.05) is 27.2 Å². The van der Waals surface area contributed by atoms with Crippen molar-refractivity contribution in [2.45, 2.75) is 31.1 Å². The van der Waals surface area contributed by atoms with Gasteiger partial charge in [-0.3, -0.25) is 14.7 Å². The van der Waals surface area contributed by atoms with Gasteiger partial charge in [0.15, 0.2) is 0 Å². The maximum absolute atomic E-state index is 13.5. The first-order valence-electron chi connectivity index (χ1n) is 11.4. The Labute approximate surface area is 193 Å². The number of amides is 2. The molecule has 1 N–H and O–H groups in total. The van der Waals surface area contributed by atoms with Crippen molar-refractivity contribution in [2.24, 2.45) is 0 Å². The van der Waals surface area contributed by atoms with E-state index in [1.54, 1.807) is 25.2 Å². The van der Waals surface area contributed by atoms with Crippen LogP contribution in [-0.2, 0) is 4.79 Å². The van der Waals surface area contributed by atoms with E-state index in [-0.39, 0.29) is 23.7 Å². The highest BCUT2D eigenvalue weighted by Gasteiger charge is 2.33. The largest absolute Gasteiger partial charge is 0.457 e. The zero-order valence-corrected chi connectivity index (χ0v) is 19.0. The Hall–Kier alpha value is -3.61. The van der Waals surface area contributed by atoms with Crippen molar-refractivity contribution in [3.8, 4) is 11.5 Å². The van der Waals surface area contributed by atoms with Crippen molar-refractivity contribution in [3.05, 3.63) is 77.1 Å². The van der Waals surface area contributed by atoms with E-state index in [2.05, 4.69) is 10.2 Å². The lowest BCUT2D eigenvalue weighted by atomic mass is 9.84. The molecule has 3 heterocycles. The lowest BCUT2D eigenvalue weighted by Gasteiger charge is -2.35.